The number of nitrogens with zero attached hydrogens (tertiary/aromatic N) is 3. The molecule has 0 radical (unpaired) electrons. The molecule has 0 saturated heterocycles. The van der Waals surface area contributed by atoms with Gasteiger partial charge in [-0.1, -0.05) is 6.07 Å². The van der Waals surface area contributed by atoms with Crippen LogP contribution in [0.3, 0.4) is 0 Å². The molecule has 0 unspecified atom stereocenters. The van der Waals surface area contributed by atoms with Gasteiger partial charge in [-0.25, -0.2) is 4.79 Å². The molecule has 2 aromatic rings. The molecule has 0 spiro atoms. The van der Waals surface area contributed by atoms with Gasteiger partial charge in [0.2, 0.25) is 0 Å². The zero-order valence-electron chi connectivity index (χ0n) is 13.4. The largest absolute Gasteiger partial charge is 0.373 e. The zero-order chi connectivity index (χ0) is 16.2. The first-order valence-corrected chi connectivity index (χ1v) is 7.62. The van der Waals surface area contributed by atoms with Gasteiger partial charge in [0.15, 0.2) is 0 Å². The van der Waals surface area contributed by atoms with Gasteiger partial charge in [-0.05, 0) is 36.9 Å². The summed E-state index contributed by atoms with van der Waals surface area (Å²) in [5.41, 5.74) is 3.87. The summed E-state index contributed by atoms with van der Waals surface area (Å²) in [6.45, 7) is 2.91. The van der Waals surface area contributed by atoms with Crippen LogP contribution >= 0.6 is 0 Å². The number of amides is 2. The summed E-state index contributed by atoms with van der Waals surface area (Å²) >= 11 is 0. The van der Waals surface area contributed by atoms with Crippen LogP contribution in [0.5, 0.6) is 0 Å². The minimum atomic E-state index is -0.272. The number of nitrogens with one attached hydrogen (secondary N) is 2. The number of urea groups is 1. The first kappa shape index (κ1) is 15.3. The summed E-state index contributed by atoms with van der Waals surface area (Å²) in [5.74, 6) is 0. The lowest BCUT2D eigenvalue weighted by atomic mass is 10.1. The van der Waals surface area contributed by atoms with E-state index in [0.29, 0.717) is 5.69 Å². The van der Waals surface area contributed by atoms with E-state index in [0.717, 1.165) is 31.0 Å². The van der Waals surface area contributed by atoms with Crippen molar-refractivity contribution >= 4 is 23.1 Å². The summed E-state index contributed by atoms with van der Waals surface area (Å²) in [5, 5.41) is 5.64. The number of anilines is 3. The highest BCUT2D eigenvalue weighted by molar-refractivity contribution is 6.00. The molecule has 23 heavy (non-hydrogen) atoms. The second-order valence-corrected chi connectivity index (χ2v) is 5.82. The summed E-state index contributed by atoms with van der Waals surface area (Å²) in [6.07, 6.45) is 3.28. The van der Waals surface area contributed by atoms with Crippen molar-refractivity contribution in [1.82, 2.24) is 9.88 Å². The summed E-state index contributed by atoms with van der Waals surface area (Å²) in [6, 6.07) is 9.35. The van der Waals surface area contributed by atoms with Crippen molar-refractivity contribution in [2.45, 2.75) is 6.54 Å². The fourth-order valence-corrected chi connectivity index (χ4v) is 2.67. The van der Waals surface area contributed by atoms with Gasteiger partial charge in [-0.3, -0.25) is 4.98 Å². The van der Waals surface area contributed by atoms with Crippen LogP contribution in [0.1, 0.15) is 5.56 Å². The topological polar surface area (TPSA) is 60.5 Å². The van der Waals surface area contributed by atoms with E-state index in [1.807, 2.05) is 12.1 Å². The number of hydrogen-bond acceptors (Lipinski definition) is 4. The highest BCUT2D eigenvalue weighted by Crippen LogP contribution is 2.27. The molecule has 1 aromatic carbocycles. The van der Waals surface area contributed by atoms with Crippen molar-refractivity contribution in [2.75, 3.05) is 42.7 Å². The minimum absolute atomic E-state index is 0.272. The number of hydrogen-bond donors (Lipinski definition) is 2. The van der Waals surface area contributed by atoms with E-state index in [1.165, 1.54) is 5.56 Å². The minimum Gasteiger partial charge on any atom is -0.373 e. The molecule has 2 amide bonds. The Morgan fingerprint density at radius 3 is 2.74 bits per heavy atom. The van der Waals surface area contributed by atoms with Gasteiger partial charge in [0.1, 0.15) is 0 Å². The molecule has 0 fully saturated rings. The van der Waals surface area contributed by atoms with Crippen LogP contribution in [-0.4, -0.2) is 43.1 Å². The number of rotatable bonds is 2. The molecule has 2 heterocycles. The third-order valence-electron chi connectivity index (χ3n) is 3.93. The lowest BCUT2D eigenvalue weighted by molar-refractivity contribution is 0.262. The van der Waals surface area contributed by atoms with Crippen molar-refractivity contribution in [3.8, 4) is 0 Å². The van der Waals surface area contributed by atoms with Crippen LogP contribution in [0.25, 0.3) is 0 Å². The second kappa shape index (κ2) is 6.66. The monoisotopic (exact) mass is 311 g/mol. The number of benzene rings is 1. The molecule has 1 aliphatic heterocycles. The Morgan fingerprint density at radius 2 is 1.96 bits per heavy atom. The number of pyridine rings is 1. The van der Waals surface area contributed by atoms with E-state index in [9.17, 15) is 4.79 Å². The van der Waals surface area contributed by atoms with Crippen LogP contribution < -0.4 is 15.5 Å². The third-order valence-corrected chi connectivity index (χ3v) is 3.93. The Bertz CT molecular complexity index is 689. The maximum absolute atomic E-state index is 12.1. The molecule has 0 saturated carbocycles. The van der Waals surface area contributed by atoms with Crippen molar-refractivity contribution in [1.29, 1.82) is 0 Å². The number of carbonyl (C=O) groups excluding carboxylic acids is 1. The molecular formula is C17H21N5O. The first-order valence-electron chi connectivity index (χ1n) is 7.62. The van der Waals surface area contributed by atoms with Gasteiger partial charge in [0.25, 0.3) is 0 Å². The van der Waals surface area contributed by atoms with E-state index >= 15 is 0 Å². The average Bonchev–Trinajstić information content (AvgIpc) is 2.68. The highest BCUT2D eigenvalue weighted by Gasteiger charge is 2.16. The number of carbonyl (C=O) groups is 1. The third kappa shape index (κ3) is 3.78. The Morgan fingerprint density at radius 1 is 1.13 bits per heavy atom. The lowest BCUT2D eigenvalue weighted by Gasteiger charge is -2.20. The molecule has 3 rings (SSSR count). The normalized spacial score (nSPS) is 14.8. The maximum Gasteiger partial charge on any atom is 0.323 e. The van der Waals surface area contributed by atoms with E-state index in [4.69, 9.17) is 0 Å². The predicted molar refractivity (Wildman–Crippen MR) is 92.9 cm³/mol. The van der Waals surface area contributed by atoms with Crippen LogP contribution in [0, 0.1) is 0 Å². The Hall–Kier alpha value is -2.60. The van der Waals surface area contributed by atoms with Gasteiger partial charge in [-0.15, -0.1) is 0 Å². The second-order valence-electron chi connectivity index (χ2n) is 5.82. The van der Waals surface area contributed by atoms with Crippen LogP contribution in [0.4, 0.5) is 21.9 Å². The van der Waals surface area contributed by atoms with E-state index < -0.39 is 0 Å². The summed E-state index contributed by atoms with van der Waals surface area (Å²) < 4.78 is 0. The fourth-order valence-electron chi connectivity index (χ4n) is 2.67. The van der Waals surface area contributed by atoms with E-state index in [-0.39, 0.29) is 6.03 Å². The average molecular weight is 311 g/mol. The van der Waals surface area contributed by atoms with Crippen molar-refractivity contribution in [3.05, 3.63) is 48.3 Å². The van der Waals surface area contributed by atoms with Crippen LogP contribution in [-0.2, 0) is 6.54 Å². The quantitative estimate of drug-likeness (QED) is 0.895. The van der Waals surface area contributed by atoms with Crippen molar-refractivity contribution in [2.24, 2.45) is 0 Å². The smallest absolute Gasteiger partial charge is 0.323 e. The standard InChI is InChI=1S/C17H21N5O/c1-21-8-9-22(2)16-10-14(6-5-13(16)12-21)19-17(23)20-15-4-3-7-18-11-15/h3-7,10-11H,8-9,12H2,1-2H3,(H2,19,20,23). The SMILES string of the molecule is CN1CCN(C)c2cc(NC(=O)Nc3cccnc3)ccc2C1. The Labute approximate surface area is 136 Å². The van der Waals surface area contributed by atoms with Gasteiger partial charge >= 0.3 is 6.03 Å². The molecule has 1 aromatic heterocycles. The zero-order valence-corrected chi connectivity index (χ0v) is 13.4. The van der Waals surface area contributed by atoms with Crippen LogP contribution in [0.15, 0.2) is 42.7 Å². The molecule has 0 atom stereocenters. The van der Waals surface area contributed by atoms with Gasteiger partial charge in [-0.2, -0.15) is 0 Å². The summed E-state index contributed by atoms with van der Waals surface area (Å²) in [7, 11) is 4.20. The molecule has 6 nitrogen and oxygen atoms in total. The Balaban J connectivity index is 1.73. The molecule has 0 bridgehead atoms. The fraction of sp³-hybridized carbons (Fsp3) is 0.294. The van der Waals surface area contributed by atoms with Gasteiger partial charge < -0.3 is 20.4 Å². The first-order chi connectivity index (χ1) is 11.1. The van der Waals surface area contributed by atoms with E-state index in [2.05, 4.69) is 45.6 Å². The molecule has 120 valence electrons. The molecule has 0 aliphatic carbocycles. The molecular weight excluding hydrogens is 290 g/mol. The highest BCUT2D eigenvalue weighted by atomic mass is 16.2. The Kier molecular flexibility index (Phi) is 4.43. The number of fused-ring (bicyclic) bond motifs is 1. The maximum atomic E-state index is 12.1. The van der Waals surface area contributed by atoms with Crippen molar-refractivity contribution < 1.29 is 4.79 Å². The number of likely N-dealkylation sites (N-methyl/N-ethyl adjacent to an activating group) is 2. The lowest BCUT2D eigenvalue weighted by Crippen LogP contribution is -2.26. The molecule has 6 heteroatoms. The van der Waals surface area contributed by atoms with Crippen LogP contribution in [0.2, 0.25) is 0 Å². The van der Waals surface area contributed by atoms with Gasteiger partial charge in [0.05, 0.1) is 11.9 Å². The molecule has 2 N–H and O–H groups in total. The van der Waals surface area contributed by atoms with Crippen molar-refractivity contribution in [3.63, 3.8) is 0 Å². The predicted octanol–water partition coefficient (Wildman–Crippen LogP) is 2.61. The van der Waals surface area contributed by atoms with E-state index in [1.54, 1.807) is 24.5 Å². The molecule has 1 aliphatic rings. The summed E-state index contributed by atoms with van der Waals surface area (Å²) in [4.78, 5) is 20.6. The van der Waals surface area contributed by atoms with Gasteiger partial charge in [0, 0.05) is 44.3 Å². The number of aromatic nitrogens is 1.